The predicted molar refractivity (Wildman–Crippen MR) is 177 cm³/mol. The quantitative estimate of drug-likeness (QED) is 0.242. The lowest BCUT2D eigenvalue weighted by Crippen LogP contribution is -2.44. The zero-order valence-corrected chi connectivity index (χ0v) is 26.1. The summed E-state index contributed by atoms with van der Waals surface area (Å²) >= 11 is 6.51. The van der Waals surface area contributed by atoms with E-state index < -0.39 is 9.84 Å². The number of hydrogen-bond donors (Lipinski definition) is 1. The molecule has 5 aromatic rings. The van der Waals surface area contributed by atoms with Crippen molar-refractivity contribution in [3.63, 3.8) is 0 Å². The molecule has 1 aliphatic rings. The Labute approximate surface area is 261 Å². The summed E-state index contributed by atoms with van der Waals surface area (Å²) in [6, 6.07) is 23.7. The van der Waals surface area contributed by atoms with Gasteiger partial charge in [0, 0.05) is 65.3 Å². The van der Waals surface area contributed by atoms with E-state index in [2.05, 4.69) is 39.3 Å². The molecule has 0 bridgehead atoms. The topological polar surface area (TPSA) is 100 Å². The van der Waals surface area contributed by atoms with Crippen LogP contribution >= 0.6 is 11.6 Å². The summed E-state index contributed by atoms with van der Waals surface area (Å²) in [6.07, 6.45) is 1.66. The van der Waals surface area contributed by atoms with Crippen molar-refractivity contribution in [2.45, 2.75) is 18.4 Å². The molecule has 226 valence electrons. The third-order valence-corrected chi connectivity index (χ3v) is 10.2. The van der Waals surface area contributed by atoms with E-state index in [9.17, 15) is 13.2 Å². The lowest BCUT2D eigenvalue weighted by atomic mass is 10.1. The Hall–Kier alpha value is -4.25. The third kappa shape index (κ3) is 6.06. The van der Waals surface area contributed by atoms with Crippen LogP contribution in [0, 0.1) is 0 Å². The third-order valence-electron chi connectivity index (χ3n) is 8.00. The summed E-state index contributed by atoms with van der Waals surface area (Å²) in [7, 11) is -1.40. The smallest absolute Gasteiger partial charge is 0.260 e. The van der Waals surface area contributed by atoms with Gasteiger partial charge in [-0.25, -0.2) is 13.4 Å². The van der Waals surface area contributed by atoms with Crippen molar-refractivity contribution in [3.8, 4) is 11.1 Å². The number of rotatable bonds is 8. The molecule has 0 saturated carbocycles. The number of anilines is 3. The Morgan fingerprint density at radius 2 is 1.61 bits per heavy atom. The number of fused-ring (bicyclic) bond motifs is 1. The van der Waals surface area contributed by atoms with Crippen LogP contribution in [0.1, 0.15) is 12.5 Å². The molecular weight excluding hydrogens is 596 g/mol. The Balaban J connectivity index is 1.41. The van der Waals surface area contributed by atoms with E-state index in [-0.39, 0.29) is 22.8 Å². The highest BCUT2D eigenvalue weighted by Crippen LogP contribution is 2.29. The molecule has 6 rings (SSSR count). The summed E-state index contributed by atoms with van der Waals surface area (Å²) < 4.78 is 27.4. The van der Waals surface area contributed by atoms with Crippen molar-refractivity contribution in [2.75, 3.05) is 49.2 Å². The Bertz CT molecular complexity index is 1990. The minimum atomic E-state index is -3.53. The Kier molecular flexibility index (Phi) is 8.40. The van der Waals surface area contributed by atoms with Gasteiger partial charge in [0.25, 0.3) is 5.56 Å². The van der Waals surface area contributed by atoms with Crippen LogP contribution in [0.3, 0.4) is 0 Å². The van der Waals surface area contributed by atoms with Crippen LogP contribution in [0.4, 0.5) is 17.3 Å². The molecule has 0 aliphatic carbocycles. The van der Waals surface area contributed by atoms with Crippen LogP contribution in [0.2, 0.25) is 5.02 Å². The molecule has 44 heavy (non-hydrogen) atoms. The van der Waals surface area contributed by atoms with E-state index in [4.69, 9.17) is 16.6 Å². The summed E-state index contributed by atoms with van der Waals surface area (Å²) in [5.41, 5.74) is 3.46. The molecule has 1 saturated heterocycles. The molecular formula is C33H33ClN6O3S. The molecule has 0 radical (unpaired) electrons. The molecule has 9 nitrogen and oxygen atoms in total. The SMILES string of the molecule is CCS(=O)(=O)c1ccccc1Cn1c(=O)c(-c2ccccc2Cl)cc2cnc(Nc3ccc(N4CCN(C)CC4)cc3)nc21. The van der Waals surface area contributed by atoms with Crippen molar-refractivity contribution in [1.82, 2.24) is 19.4 Å². The number of hydrogen-bond acceptors (Lipinski definition) is 8. The van der Waals surface area contributed by atoms with Gasteiger partial charge >= 0.3 is 0 Å². The van der Waals surface area contributed by atoms with Crippen molar-refractivity contribution in [2.24, 2.45) is 0 Å². The van der Waals surface area contributed by atoms with Gasteiger partial charge in [-0.3, -0.25) is 9.36 Å². The normalized spacial score (nSPS) is 14.2. The molecule has 1 aliphatic heterocycles. The number of pyridine rings is 1. The summed E-state index contributed by atoms with van der Waals surface area (Å²) in [4.78, 5) is 28.3. The number of benzene rings is 3. The van der Waals surface area contributed by atoms with Gasteiger partial charge in [0.1, 0.15) is 5.65 Å². The molecule has 3 heterocycles. The first-order valence-electron chi connectivity index (χ1n) is 14.5. The van der Waals surface area contributed by atoms with Crippen LogP contribution in [0.5, 0.6) is 0 Å². The molecule has 1 N–H and O–H groups in total. The van der Waals surface area contributed by atoms with E-state index in [0.29, 0.717) is 38.7 Å². The second-order valence-corrected chi connectivity index (χ2v) is 13.5. The maximum absolute atomic E-state index is 14.1. The minimum absolute atomic E-state index is 0.000791. The average Bonchev–Trinajstić information content (AvgIpc) is 3.04. The minimum Gasteiger partial charge on any atom is -0.369 e. The van der Waals surface area contributed by atoms with Gasteiger partial charge in [0.2, 0.25) is 5.95 Å². The first kappa shape index (κ1) is 29.8. The maximum atomic E-state index is 14.1. The lowest BCUT2D eigenvalue weighted by Gasteiger charge is -2.34. The van der Waals surface area contributed by atoms with Gasteiger partial charge in [-0.05, 0) is 55.1 Å². The van der Waals surface area contributed by atoms with Gasteiger partial charge in [-0.1, -0.05) is 54.9 Å². The zero-order chi connectivity index (χ0) is 30.8. The molecule has 3 aromatic carbocycles. The molecule has 0 amide bonds. The average molecular weight is 629 g/mol. The molecule has 1 fully saturated rings. The van der Waals surface area contributed by atoms with E-state index >= 15 is 0 Å². The van der Waals surface area contributed by atoms with E-state index in [1.165, 1.54) is 4.57 Å². The van der Waals surface area contributed by atoms with E-state index in [1.54, 1.807) is 61.7 Å². The first-order valence-corrected chi connectivity index (χ1v) is 16.5. The standard InChI is InChI=1S/C33H33ClN6O3S/c1-3-44(42,43)30-11-7-4-8-23(30)22-40-31-24(20-28(32(40)41)27-9-5-6-10-29(27)34)21-35-33(37-31)36-25-12-14-26(15-13-25)39-18-16-38(2)17-19-39/h4-15,20-21H,3,16-19,22H2,1-2H3,(H,35,36,37). The highest BCUT2D eigenvalue weighted by molar-refractivity contribution is 7.91. The van der Waals surface area contributed by atoms with Gasteiger partial charge < -0.3 is 15.1 Å². The molecule has 0 atom stereocenters. The van der Waals surface area contributed by atoms with Crippen LogP contribution in [-0.2, 0) is 16.4 Å². The van der Waals surface area contributed by atoms with Crippen molar-refractivity contribution < 1.29 is 8.42 Å². The number of aromatic nitrogens is 3. The maximum Gasteiger partial charge on any atom is 0.260 e. The van der Waals surface area contributed by atoms with Crippen molar-refractivity contribution in [3.05, 3.63) is 106 Å². The van der Waals surface area contributed by atoms with Gasteiger partial charge in [-0.2, -0.15) is 4.98 Å². The second-order valence-electron chi connectivity index (χ2n) is 10.9. The van der Waals surface area contributed by atoms with Gasteiger partial charge in [0.05, 0.1) is 17.2 Å². The van der Waals surface area contributed by atoms with Gasteiger partial charge in [-0.15, -0.1) is 0 Å². The molecule has 0 spiro atoms. The van der Waals surface area contributed by atoms with E-state index in [0.717, 1.165) is 37.6 Å². The first-order chi connectivity index (χ1) is 21.2. The monoisotopic (exact) mass is 628 g/mol. The predicted octanol–water partition coefficient (Wildman–Crippen LogP) is 5.45. The summed E-state index contributed by atoms with van der Waals surface area (Å²) in [5.74, 6) is 0.265. The molecule has 11 heteroatoms. The van der Waals surface area contributed by atoms with E-state index in [1.807, 2.05) is 18.2 Å². The van der Waals surface area contributed by atoms with Crippen molar-refractivity contribution in [1.29, 1.82) is 0 Å². The highest BCUT2D eigenvalue weighted by Gasteiger charge is 2.20. The highest BCUT2D eigenvalue weighted by atomic mass is 35.5. The van der Waals surface area contributed by atoms with Crippen LogP contribution in [0.15, 0.2) is 94.7 Å². The lowest BCUT2D eigenvalue weighted by molar-refractivity contribution is 0.313. The fourth-order valence-electron chi connectivity index (χ4n) is 5.45. The van der Waals surface area contributed by atoms with Crippen molar-refractivity contribution >= 4 is 49.8 Å². The number of halogens is 1. The number of piperazine rings is 1. The number of nitrogens with one attached hydrogen (secondary N) is 1. The molecule has 0 unspecified atom stereocenters. The summed E-state index contributed by atoms with van der Waals surface area (Å²) in [5, 5.41) is 4.31. The van der Waals surface area contributed by atoms with Gasteiger partial charge in [0.15, 0.2) is 9.84 Å². The van der Waals surface area contributed by atoms with Crippen LogP contribution < -0.4 is 15.8 Å². The fraction of sp³-hybridized carbons (Fsp3) is 0.242. The second kappa shape index (κ2) is 12.4. The number of nitrogens with zero attached hydrogens (tertiary/aromatic N) is 5. The fourth-order valence-corrected chi connectivity index (χ4v) is 6.82. The zero-order valence-electron chi connectivity index (χ0n) is 24.6. The van der Waals surface area contributed by atoms with Crippen LogP contribution in [-0.4, -0.2) is 66.8 Å². The Morgan fingerprint density at radius 3 is 2.34 bits per heavy atom. The number of likely N-dealkylation sites (N-methyl/N-ethyl adjacent to an activating group) is 1. The summed E-state index contributed by atoms with van der Waals surface area (Å²) in [6.45, 7) is 5.62. The van der Waals surface area contributed by atoms with Crippen LogP contribution in [0.25, 0.3) is 22.2 Å². The molecule has 2 aromatic heterocycles. The Morgan fingerprint density at radius 1 is 0.909 bits per heavy atom. The number of sulfone groups is 1. The largest absolute Gasteiger partial charge is 0.369 e.